The maximum Gasteiger partial charge on any atom is 0.492 e. The zero-order valence-electron chi connectivity index (χ0n) is 15.3. The number of nitrogens with one attached hydrogen (secondary N) is 1. The van der Waals surface area contributed by atoms with Gasteiger partial charge in [0.25, 0.3) is 5.91 Å². The van der Waals surface area contributed by atoms with Crippen LogP contribution in [0, 0.1) is 12.7 Å². The second-order valence-electron chi connectivity index (χ2n) is 7.21. The van der Waals surface area contributed by atoms with E-state index in [9.17, 15) is 19.0 Å². The number of halogens is 1. The van der Waals surface area contributed by atoms with Crippen molar-refractivity contribution >= 4 is 24.5 Å². The third-order valence-corrected chi connectivity index (χ3v) is 5.27. The first kappa shape index (κ1) is 18.6. The van der Waals surface area contributed by atoms with Gasteiger partial charge in [-0.3, -0.25) is 4.79 Å². The Morgan fingerprint density at radius 2 is 1.96 bits per heavy atom. The Morgan fingerprint density at radius 1 is 1.25 bits per heavy atom. The van der Waals surface area contributed by atoms with Gasteiger partial charge in [-0.05, 0) is 60.1 Å². The molecule has 1 aliphatic carbocycles. The van der Waals surface area contributed by atoms with Crippen LogP contribution < -0.4 is 10.8 Å². The maximum absolute atomic E-state index is 13.0. The average molecular weight is 383 g/mol. The highest BCUT2D eigenvalue weighted by Gasteiger charge is 2.53. The minimum atomic E-state index is -1.04. The van der Waals surface area contributed by atoms with E-state index in [2.05, 4.69) is 5.32 Å². The van der Waals surface area contributed by atoms with Crippen molar-refractivity contribution in [1.82, 2.24) is 5.32 Å². The minimum Gasteiger partial charge on any atom is -0.459 e. The molecule has 2 aliphatic rings. The van der Waals surface area contributed by atoms with Gasteiger partial charge in [-0.25, -0.2) is 9.18 Å². The van der Waals surface area contributed by atoms with E-state index < -0.39 is 24.5 Å². The third kappa shape index (κ3) is 3.41. The van der Waals surface area contributed by atoms with Crippen molar-refractivity contribution < 1.29 is 28.4 Å². The molecule has 1 aliphatic heterocycles. The fourth-order valence-corrected chi connectivity index (χ4v) is 3.41. The first-order valence-corrected chi connectivity index (χ1v) is 9.06. The van der Waals surface area contributed by atoms with Gasteiger partial charge in [0, 0.05) is 5.56 Å². The Morgan fingerprint density at radius 3 is 2.64 bits per heavy atom. The fraction of sp³-hybridized carbons (Fsp3) is 0.300. The van der Waals surface area contributed by atoms with Gasteiger partial charge in [0.15, 0.2) is 0 Å². The molecule has 4 rings (SSSR count). The molecule has 8 heteroatoms. The molecule has 0 atom stereocenters. The molecular formula is C20H19BFNO5. The van der Waals surface area contributed by atoms with Crippen molar-refractivity contribution in [3.8, 4) is 0 Å². The zero-order valence-corrected chi connectivity index (χ0v) is 15.3. The molecule has 0 unspecified atom stereocenters. The largest absolute Gasteiger partial charge is 0.492 e. The van der Waals surface area contributed by atoms with Crippen molar-refractivity contribution in [2.45, 2.75) is 38.5 Å². The normalized spacial score (nSPS) is 16.5. The van der Waals surface area contributed by atoms with Gasteiger partial charge in [0.05, 0.1) is 6.61 Å². The molecule has 0 bridgehead atoms. The Balaban J connectivity index is 1.43. The van der Waals surface area contributed by atoms with E-state index in [1.165, 1.54) is 12.1 Å². The van der Waals surface area contributed by atoms with Crippen molar-refractivity contribution in [2.24, 2.45) is 0 Å². The van der Waals surface area contributed by atoms with Crippen LogP contribution in [0.4, 0.5) is 4.39 Å². The van der Waals surface area contributed by atoms with Crippen LogP contribution in [0.25, 0.3) is 0 Å². The number of esters is 1. The predicted molar refractivity (Wildman–Crippen MR) is 99.2 cm³/mol. The fourth-order valence-electron chi connectivity index (χ4n) is 3.41. The summed E-state index contributed by atoms with van der Waals surface area (Å²) in [5.74, 6) is -1.26. The molecule has 1 fully saturated rings. The highest BCUT2D eigenvalue weighted by molar-refractivity contribution is 6.62. The van der Waals surface area contributed by atoms with Crippen LogP contribution in [0.3, 0.4) is 0 Å². The highest BCUT2D eigenvalue weighted by Crippen LogP contribution is 2.37. The van der Waals surface area contributed by atoms with Crippen molar-refractivity contribution in [3.05, 3.63) is 64.5 Å². The summed E-state index contributed by atoms with van der Waals surface area (Å²) in [5.41, 5.74) is 2.12. The molecule has 0 spiro atoms. The van der Waals surface area contributed by atoms with E-state index in [4.69, 9.17) is 9.39 Å². The van der Waals surface area contributed by atoms with Crippen LogP contribution in [0.2, 0.25) is 0 Å². The molecule has 2 N–H and O–H groups in total. The summed E-state index contributed by atoms with van der Waals surface area (Å²) in [4.78, 5) is 25.2. The molecule has 1 amide bonds. The second-order valence-corrected chi connectivity index (χ2v) is 7.21. The van der Waals surface area contributed by atoms with Gasteiger partial charge in [-0.2, -0.15) is 0 Å². The molecule has 6 nitrogen and oxygen atoms in total. The standard InChI is InChI=1S/C20H19BFNO5/c1-12-16(7-4-14-11-28-21(26)17(12)14)18(24)23-20(8-9-20)19(25)27-10-13-2-5-15(22)6-3-13/h2-7,26H,8-11H2,1H3,(H,23,24). The predicted octanol–water partition coefficient (Wildman–Crippen LogP) is 1.36. The summed E-state index contributed by atoms with van der Waals surface area (Å²) in [6, 6.07) is 9.11. The molecule has 28 heavy (non-hydrogen) atoms. The smallest absolute Gasteiger partial charge is 0.459 e. The molecule has 1 saturated carbocycles. The first-order valence-electron chi connectivity index (χ1n) is 9.06. The molecule has 0 aromatic heterocycles. The Kier molecular flexibility index (Phi) is 4.68. The topological polar surface area (TPSA) is 84.9 Å². The Bertz CT molecular complexity index is 942. The molecule has 1 heterocycles. The van der Waals surface area contributed by atoms with Gasteiger partial charge in [-0.1, -0.05) is 18.2 Å². The van der Waals surface area contributed by atoms with E-state index in [1.807, 2.05) is 0 Å². The molecule has 144 valence electrons. The van der Waals surface area contributed by atoms with E-state index in [0.29, 0.717) is 41.6 Å². The number of carbonyl (C=O) groups excluding carboxylic acids is 2. The van der Waals surface area contributed by atoms with Gasteiger partial charge in [0.2, 0.25) is 0 Å². The average Bonchev–Trinajstić information content (AvgIpc) is 3.36. The third-order valence-electron chi connectivity index (χ3n) is 5.27. The zero-order chi connectivity index (χ0) is 19.9. The molecular weight excluding hydrogens is 364 g/mol. The number of ether oxygens (including phenoxy) is 1. The SMILES string of the molecule is Cc1c(C(=O)NC2(C(=O)OCc3ccc(F)cc3)CC2)ccc2c1B(O)OC2. The molecule has 0 radical (unpaired) electrons. The van der Waals surface area contributed by atoms with E-state index in [1.54, 1.807) is 31.2 Å². The lowest BCUT2D eigenvalue weighted by molar-refractivity contribution is -0.148. The summed E-state index contributed by atoms with van der Waals surface area (Å²) in [5, 5.41) is 12.7. The number of carbonyl (C=O) groups is 2. The lowest BCUT2D eigenvalue weighted by atomic mass is 9.75. The maximum atomic E-state index is 13.0. The first-order chi connectivity index (χ1) is 13.4. The number of amides is 1. The van der Waals surface area contributed by atoms with Gasteiger partial charge < -0.3 is 19.7 Å². The minimum absolute atomic E-state index is 0.0120. The van der Waals surface area contributed by atoms with Crippen LogP contribution in [-0.4, -0.2) is 29.6 Å². The summed E-state index contributed by atoms with van der Waals surface area (Å²) < 4.78 is 23.5. The molecule has 0 saturated heterocycles. The van der Waals surface area contributed by atoms with Crippen molar-refractivity contribution in [3.63, 3.8) is 0 Å². The van der Waals surface area contributed by atoms with Crippen LogP contribution >= 0.6 is 0 Å². The summed E-state index contributed by atoms with van der Waals surface area (Å²) in [7, 11) is -1.04. The highest BCUT2D eigenvalue weighted by atomic mass is 19.1. The lowest BCUT2D eigenvalue weighted by Crippen LogP contribution is -2.45. The number of benzene rings is 2. The van der Waals surface area contributed by atoms with E-state index in [-0.39, 0.29) is 12.4 Å². The van der Waals surface area contributed by atoms with Gasteiger partial charge in [-0.15, -0.1) is 0 Å². The number of hydrogen-bond donors (Lipinski definition) is 2. The monoisotopic (exact) mass is 383 g/mol. The van der Waals surface area contributed by atoms with Gasteiger partial charge >= 0.3 is 13.1 Å². The number of rotatable bonds is 5. The van der Waals surface area contributed by atoms with Crippen LogP contribution in [-0.2, 0) is 27.4 Å². The van der Waals surface area contributed by atoms with E-state index in [0.717, 1.165) is 5.56 Å². The van der Waals surface area contributed by atoms with E-state index >= 15 is 0 Å². The Hall–Kier alpha value is -2.71. The molecule has 2 aromatic carbocycles. The van der Waals surface area contributed by atoms with Crippen molar-refractivity contribution in [1.29, 1.82) is 0 Å². The number of hydrogen-bond acceptors (Lipinski definition) is 5. The number of fused-ring (bicyclic) bond motifs is 1. The summed E-state index contributed by atoms with van der Waals surface area (Å²) in [6.07, 6.45) is 0.993. The van der Waals surface area contributed by atoms with Crippen LogP contribution in [0.1, 0.15) is 39.9 Å². The quantitative estimate of drug-likeness (QED) is 0.602. The van der Waals surface area contributed by atoms with Crippen LogP contribution in [0.5, 0.6) is 0 Å². The summed E-state index contributed by atoms with van der Waals surface area (Å²) in [6.45, 7) is 2.06. The van der Waals surface area contributed by atoms with Crippen LogP contribution in [0.15, 0.2) is 36.4 Å². The van der Waals surface area contributed by atoms with Crippen molar-refractivity contribution in [2.75, 3.05) is 0 Å². The Labute approximate surface area is 161 Å². The molecule has 2 aromatic rings. The lowest BCUT2D eigenvalue weighted by Gasteiger charge is -2.18. The second kappa shape index (κ2) is 7.03. The summed E-state index contributed by atoms with van der Waals surface area (Å²) >= 11 is 0. The van der Waals surface area contributed by atoms with Gasteiger partial charge in [0.1, 0.15) is 18.0 Å².